The second-order valence-corrected chi connectivity index (χ2v) is 8.17. The summed E-state index contributed by atoms with van der Waals surface area (Å²) in [4.78, 5) is 27.2. The maximum absolute atomic E-state index is 11.9. The summed E-state index contributed by atoms with van der Waals surface area (Å²) < 4.78 is 7.21. The van der Waals surface area contributed by atoms with Gasteiger partial charge in [-0.05, 0) is 36.4 Å². The number of rotatable bonds is 6. The molecule has 31 heavy (non-hydrogen) atoms. The number of anilines is 2. The Morgan fingerprint density at radius 1 is 1.29 bits per heavy atom. The summed E-state index contributed by atoms with van der Waals surface area (Å²) in [7, 11) is 1.52. The van der Waals surface area contributed by atoms with Crippen molar-refractivity contribution in [2.75, 3.05) is 24.3 Å². The molecule has 10 heteroatoms. The molecule has 0 saturated carbocycles. The lowest BCUT2D eigenvalue weighted by molar-refractivity contribution is 0.100. The predicted molar refractivity (Wildman–Crippen MR) is 120 cm³/mol. The number of benzene rings is 1. The highest BCUT2D eigenvalue weighted by molar-refractivity contribution is 7.09. The Hall–Kier alpha value is -3.66. The van der Waals surface area contributed by atoms with Crippen LogP contribution in [-0.4, -0.2) is 39.1 Å². The number of hydrogen-bond acceptors (Lipinski definition) is 8. The Balaban J connectivity index is 1.66. The number of carbonyl (C=O) groups is 1. The van der Waals surface area contributed by atoms with Gasteiger partial charge >= 0.3 is 6.01 Å². The monoisotopic (exact) mass is 435 g/mol. The van der Waals surface area contributed by atoms with Crippen LogP contribution in [0.15, 0.2) is 35.7 Å². The van der Waals surface area contributed by atoms with Crippen molar-refractivity contribution in [3.05, 3.63) is 51.7 Å². The largest absolute Gasteiger partial charge is 0.468 e. The summed E-state index contributed by atoms with van der Waals surface area (Å²) in [6, 6.07) is 9.64. The first-order valence-electron chi connectivity index (χ1n) is 9.92. The molecule has 0 fully saturated rings. The minimum Gasteiger partial charge on any atom is -0.468 e. The van der Waals surface area contributed by atoms with Crippen LogP contribution in [0.1, 0.15) is 27.2 Å². The van der Waals surface area contributed by atoms with E-state index in [1.165, 1.54) is 12.0 Å². The number of amides is 1. The number of imidazole rings is 1. The van der Waals surface area contributed by atoms with Gasteiger partial charge in [0.1, 0.15) is 17.2 Å². The van der Waals surface area contributed by atoms with Crippen LogP contribution < -0.4 is 21.1 Å². The van der Waals surface area contributed by atoms with Gasteiger partial charge in [0.05, 0.1) is 24.7 Å². The van der Waals surface area contributed by atoms with Gasteiger partial charge < -0.3 is 21.1 Å². The van der Waals surface area contributed by atoms with Crippen LogP contribution in [0.25, 0.3) is 17.0 Å². The first-order chi connectivity index (χ1) is 15.2. The molecular formula is C21H21N7O2S. The zero-order valence-corrected chi connectivity index (χ0v) is 17.7. The predicted octanol–water partition coefficient (Wildman–Crippen LogP) is 2.95. The lowest BCUT2D eigenvalue weighted by atomic mass is 10.1. The van der Waals surface area contributed by atoms with Gasteiger partial charge in [0.15, 0.2) is 0 Å². The lowest BCUT2D eigenvalue weighted by Crippen LogP contribution is -2.19. The van der Waals surface area contributed by atoms with Crippen LogP contribution in [0.5, 0.6) is 6.01 Å². The van der Waals surface area contributed by atoms with Gasteiger partial charge in [-0.2, -0.15) is 15.0 Å². The van der Waals surface area contributed by atoms with E-state index in [9.17, 15) is 4.79 Å². The van der Waals surface area contributed by atoms with Gasteiger partial charge in [0.25, 0.3) is 5.91 Å². The van der Waals surface area contributed by atoms with Gasteiger partial charge in [0, 0.05) is 17.0 Å². The fourth-order valence-electron chi connectivity index (χ4n) is 3.76. The fourth-order valence-corrected chi connectivity index (χ4v) is 4.41. The Morgan fingerprint density at radius 2 is 2.19 bits per heavy atom. The molecule has 5 rings (SSSR count). The molecule has 3 aromatic heterocycles. The molecule has 0 bridgehead atoms. The summed E-state index contributed by atoms with van der Waals surface area (Å²) in [6.07, 6.45) is 1.91. The van der Waals surface area contributed by atoms with Crippen molar-refractivity contribution in [2.24, 2.45) is 5.73 Å². The third-order valence-electron chi connectivity index (χ3n) is 5.20. The van der Waals surface area contributed by atoms with Gasteiger partial charge in [-0.15, -0.1) is 11.3 Å². The average molecular weight is 436 g/mol. The maximum Gasteiger partial charge on any atom is 0.304 e. The minimum absolute atomic E-state index is 0.281. The number of aromatic nitrogens is 4. The number of nitrogens with two attached hydrogens (primary N) is 1. The molecule has 0 atom stereocenters. The standard InChI is InChI=1S/C21H21N7O2S/c1-30-21-25-16-13(17(22)29)6-2-8-15(16)28(21)20-26-18-14(7-3-9-23-18)19(27-20)24-11-12-5-4-10-31-12/h2,4-6,8,10H,3,7,9,11H2,1H3,(H2,22,29)(H2,23,24,26,27). The maximum atomic E-state index is 11.9. The summed E-state index contributed by atoms with van der Waals surface area (Å²) in [6.45, 7) is 1.52. The Morgan fingerprint density at radius 3 is 2.97 bits per heavy atom. The quantitative estimate of drug-likeness (QED) is 0.426. The van der Waals surface area contributed by atoms with E-state index in [0.717, 1.165) is 36.6 Å². The zero-order valence-electron chi connectivity index (χ0n) is 16.9. The van der Waals surface area contributed by atoms with Crippen LogP contribution in [0, 0.1) is 0 Å². The minimum atomic E-state index is -0.552. The molecule has 0 radical (unpaired) electrons. The van der Waals surface area contributed by atoms with Crippen LogP contribution in [0.2, 0.25) is 0 Å². The number of methoxy groups -OCH3 is 1. The third kappa shape index (κ3) is 3.44. The third-order valence-corrected chi connectivity index (χ3v) is 6.08. The molecular weight excluding hydrogens is 414 g/mol. The zero-order chi connectivity index (χ0) is 21.4. The first-order valence-corrected chi connectivity index (χ1v) is 10.8. The Kier molecular flexibility index (Phi) is 4.91. The van der Waals surface area contributed by atoms with Crippen LogP contribution in [0.4, 0.5) is 11.6 Å². The van der Waals surface area contributed by atoms with Crippen LogP contribution in [0.3, 0.4) is 0 Å². The van der Waals surface area contributed by atoms with E-state index in [0.29, 0.717) is 29.1 Å². The topological polar surface area (TPSA) is 120 Å². The highest BCUT2D eigenvalue weighted by atomic mass is 32.1. The van der Waals surface area contributed by atoms with Crippen molar-refractivity contribution >= 4 is 39.9 Å². The molecule has 0 unspecified atom stereocenters. The van der Waals surface area contributed by atoms with Crippen molar-refractivity contribution in [1.82, 2.24) is 19.5 Å². The molecule has 9 nitrogen and oxygen atoms in total. The van der Waals surface area contributed by atoms with Crippen LogP contribution >= 0.6 is 11.3 Å². The highest BCUT2D eigenvalue weighted by Crippen LogP contribution is 2.32. The second kappa shape index (κ2) is 7.88. The van der Waals surface area contributed by atoms with E-state index < -0.39 is 5.91 Å². The Labute approximate surface area is 182 Å². The number of ether oxygens (including phenoxy) is 1. The van der Waals surface area contributed by atoms with E-state index in [-0.39, 0.29) is 6.01 Å². The van der Waals surface area contributed by atoms with Crippen molar-refractivity contribution in [1.29, 1.82) is 0 Å². The van der Waals surface area contributed by atoms with Crippen molar-refractivity contribution in [3.63, 3.8) is 0 Å². The molecule has 158 valence electrons. The van der Waals surface area contributed by atoms with Gasteiger partial charge in [-0.1, -0.05) is 12.1 Å². The van der Waals surface area contributed by atoms with E-state index >= 15 is 0 Å². The molecule has 0 saturated heterocycles. The molecule has 4 heterocycles. The normalized spacial score (nSPS) is 12.9. The van der Waals surface area contributed by atoms with E-state index in [4.69, 9.17) is 20.4 Å². The molecule has 1 amide bonds. The van der Waals surface area contributed by atoms with E-state index in [2.05, 4.69) is 27.1 Å². The number of para-hydroxylation sites is 1. The van der Waals surface area contributed by atoms with Crippen LogP contribution in [-0.2, 0) is 13.0 Å². The molecule has 1 aliphatic rings. The van der Waals surface area contributed by atoms with Crippen molar-refractivity contribution in [3.8, 4) is 12.0 Å². The van der Waals surface area contributed by atoms with Gasteiger partial charge in [-0.25, -0.2) is 4.57 Å². The highest BCUT2D eigenvalue weighted by Gasteiger charge is 2.23. The molecule has 4 aromatic rings. The number of nitrogens with zero attached hydrogens (tertiary/aromatic N) is 4. The smallest absolute Gasteiger partial charge is 0.304 e. The SMILES string of the molecule is COc1nc2c(C(N)=O)cccc2n1-c1nc2c(c(NCc3cccs3)n1)CCCN2. The molecule has 0 aliphatic carbocycles. The molecule has 4 N–H and O–H groups in total. The molecule has 0 spiro atoms. The summed E-state index contributed by atoms with van der Waals surface area (Å²) in [5, 5.41) is 8.89. The number of primary amides is 1. The van der Waals surface area contributed by atoms with Crippen molar-refractivity contribution in [2.45, 2.75) is 19.4 Å². The number of fused-ring (bicyclic) bond motifs is 2. The van der Waals surface area contributed by atoms with Gasteiger partial charge in [-0.3, -0.25) is 4.79 Å². The van der Waals surface area contributed by atoms with Crippen molar-refractivity contribution < 1.29 is 9.53 Å². The number of carbonyl (C=O) groups excluding carboxylic acids is 1. The summed E-state index contributed by atoms with van der Waals surface area (Å²) >= 11 is 1.69. The molecule has 1 aromatic carbocycles. The first kappa shape index (κ1) is 19.3. The number of hydrogen-bond donors (Lipinski definition) is 3. The Bertz CT molecular complexity index is 1270. The second-order valence-electron chi connectivity index (χ2n) is 7.13. The summed E-state index contributed by atoms with van der Waals surface area (Å²) in [5.74, 6) is 1.42. The van der Waals surface area contributed by atoms with E-state index in [1.54, 1.807) is 28.0 Å². The lowest BCUT2D eigenvalue weighted by Gasteiger charge is -2.21. The summed E-state index contributed by atoms with van der Waals surface area (Å²) in [5.41, 5.74) is 8.02. The number of thiophene rings is 1. The fraction of sp³-hybridized carbons (Fsp3) is 0.238. The van der Waals surface area contributed by atoms with Gasteiger partial charge in [0.2, 0.25) is 5.95 Å². The number of nitrogens with one attached hydrogen (secondary N) is 2. The molecule has 1 aliphatic heterocycles. The van der Waals surface area contributed by atoms with E-state index in [1.807, 2.05) is 12.1 Å². The average Bonchev–Trinajstić information content (AvgIpc) is 3.44.